The van der Waals surface area contributed by atoms with Gasteiger partial charge < -0.3 is 10.3 Å². The summed E-state index contributed by atoms with van der Waals surface area (Å²) in [4.78, 5) is 8.50. The zero-order valence-electron chi connectivity index (χ0n) is 10.2. The summed E-state index contributed by atoms with van der Waals surface area (Å²) in [6.07, 6.45) is 6.97. The molecule has 6 heteroatoms. The number of hydrogen-bond acceptors (Lipinski definition) is 4. The fourth-order valence-electron chi connectivity index (χ4n) is 1.77. The summed E-state index contributed by atoms with van der Waals surface area (Å²) in [5, 5.41) is 4.18. The van der Waals surface area contributed by atoms with Gasteiger partial charge in [-0.15, -0.1) is 0 Å². The fourth-order valence-corrected chi connectivity index (χ4v) is 1.77. The van der Waals surface area contributed by atoms with Gasteiger partial charge in [-0.25, -0.2) is 9.97 Å². The minimum absolute atomic E-state index is 0.129. The standard InChI is InChI=1S/C11H18N6/c1-3-4-17-11(13-7-15-17)5-9(12)10-6-16(2)8-14-10/h6-9H,3-5,12H2,1-2H3. The number of rotatable bonds is 5. The molecule has 0 aliphatic rings. The predicted molar refractivity (Wildman–Crippen MR) is 64.2 cm³/mol. The molecule has 1 unspecified atom stereocenters. The molecule has 0 saturated heterocycles. The third-order valence-electron chi connectivity index (χ3n) is 2.64. The molecule has 0 amide bonds. The number of nitrogens with zero attached hydrogens (tertiary/aromatic N) is 5. The molecule has 2 aromatic heterocycles. The van der Waals surface area contributed by atoms with E-state index in [9.17, 15) is 0 Å². The van der Waals surface area contributed by atoms with Crippen molar-refractivity contribution in [2.24, 2.45) is 12.8 Å². The number of hydrogen-bond donors (Lipinski definition) is 1. The third-order valence-corrected chi connectivity index (χ3v) is 2.64. The summed E-state index contributed by atoms with van der Waals surface area (Å²) in [5.41, 5.74) is 7.00. The van der Waals surface area contributed by atoms with Crippen molar-refractivity contribution in [2.75, 3.05) is 0 Å². The molecule has 0 spiro atoms. The maximum absolute atomic E-state index is 6.11. The quantitative estimate of drug-likeness (QED) is 0.825. The molecule has 0 aliphatic heterocycles. The van der Waals surface area contributed by atoms with Crippen LogP contribution in [0.15, 0.2) is 18.9 Å². The Labute approximate surface area is 100 Å². The molecule has 0 saturated carbocycles. The summed E-state index contributed by atoms with van der Waals surface area (Å²) in [6.45, 7) is 2.99. The van der Waals surface area contributed by atoms with Crippen molar-refractivity contribution in [3.05, 3.63) is 30.4 Å². The van der Waals surface area contributed by atoms with Crippen LogP contribution < -0.4 is 5.73 Å². The number of imidazole rings is 1. The van der Waals surface area contributed by atoms with Crippen LogP contribution in [-0.2, 0) is 20.0 Å². The molecule has 0 radical (unpaired) electrons. The molecule has 1 atom stereocenters. The molecule has 17 heavy (non-hydrogen) atoms. The molecule has 0 fully saturated rings. The predicted octanol–water partition coefficient (Wildman–Crippen LogP) is 0.664. The first-order valence-corrected chi connectivity index (χ1v) is 5.80. The smallest absolute Gasteiger partial charge is 0.138 e. The van der Waals surface area contributed by atoms with Crippen LogP contribution in [0, 0.1) is 0 Å². The van der Waals surface area contributed by atoms with Crippen LogP contribution in [-0.4, -0.2) is 24.3 Å². The lowest BCUT2D eigenvalue weighted by molar-refractivity contribution is 0.545. The van der Waals surface area contributed by atoms with Crippen LogP contribution >= 0.6 is 0 Å². The Morgan fingerprint density at radius 3 is 2.88 bits per heavy atom. The monoisotopic (exact) mass is 234 g/mol. The molecule has 0 bridgehead atoms. The van der Waals surface area contributed by atoms with E-state index in [-0.39, 0.29) is 6.04 Å². The second-order valence-corrected chi connectivity index (χ2v) is 4.17. The Balaban J connectivity index is 2.07. The van der Waals surface area contributed by atoms with E-state index in [1.54, 1.807) is 12.7 Å². The first-order valence-electron chi connectivity index (χ1n) is 5.80. The lowest BCUT2D eigenvalue weighted by atomic mass is 10.1. The third kappa shape index (κ3) is 2.71. The van der Waals surface area contributed by atoms with E-state index < -0.39 is 0 Å². The average molecular weight is 234 g/mol. The lowest BCUT2D eigenvalue weighted by Gasteiger charge is -2.09. The highest BCUT2D eigenvalue weighted by molar-refractivity contribution is 5.06. The zero-order valence-corrected chi connectivity index (χ0v) is 10.2. The van der Waals surface area contributed by atoms with E-state index in [1.807, 2.05) is 22.5 Å². The van der Waals surface area contributed by atoms with E-state index in [2.05, 4.69) is 22.0 Å². The Hall–Kier alpha value is -1.69. The Morgan fingerprint density at radius 2 is 2.24 bits per heavy atom. The van der Waals surface area contributed by atoms with Crippen LogP contribution in [0.3, 0.4) is 0 Å². The van der Waals surface area contributed by atoms with Crippen LogP contribution in [0.4, 0.5) is 0 Å². The van der Waals surface area contributed by atoms with E-state index in [4.69, 9.17) is 5.73 Å². The van der Waals surface area contributed by atoms with Gasteiger partial charge in [-0.1, -0.05) is 6.92 Å². The molecule has 2 aromatic rings. The van der Waals surface area contributed by atoms with Crippen molar-refractivity contribution in [1.82, 2.24) is 24.3 Å². The van der Waals surface area contributed by atoms with Gasteiger partial charge in [0.1, 0.15) is 12.2 Å². The largest absolute Gasteiger partial charge is 0.340 e. The van der Waals surface area contributed by atoms with Crippen LogP contribution in [0.2, 0.25) is 0 Å². The Bertz CT molecular complexity index is 472. The van der Waals surface area contributed by atoms with E-state index in [0.717, 1.165) is 24.5 Å². The molecule has 92 valence electrons. The normalized spacial score (nSPS) is 12.9. The van der Waals surface area contributed by atoms with E-state index >= 15 is 0 Å². The van der Waals surface area contributed by atoms with Crippen molar-refractivity contribution < 1.29 is 0 Å². The van der Waals surface area contributed by atoms with Crippen molar-refractivity contribution in [3.63, 3.8) is 0 Å². The van der Waals surface area contributed by atoms with Crippen LogP contribution in [0.5, 0.6) is 0 Å². The van der Waals surface area contributed by atoms with Crippen LogP contribution in [0.1, 0.15) is 30.9 Å². The molecule has 0 aliphatic carbocycles. The molecule has 6 nitrogen and oxygen atoms in total. The summed E-state index contributed by atoms with van der Waals surface area (Å²) in [7, 11) is 1.93. The number of nitrogens with two attached hydrogens (primary N) is 1. The summed E-state index contributed by atoms with van der Waals surface area (Å²) in [5.74, 6) is 0.921. The van der Waals surface area contributed by atoms with Gasteiger partial charge >= 0.3 is 0 Å². The SMILES string of the molecule is CCCn1ncnc1CC(N)c1cn(C)cn1. The van der Waals surface area contributed by atoms with Gasteiger partial charge in [-0.2, -0.15) is 5.10 Å². The zero-order chi connectivity index (χ0) is 12.3. The average Bonchev–Trinajstić information content (AvgIpc) is 2.89. The molecule has 2 heterocycles. The first-order chi connectivity index (χ1) is 8.20. The molecule has 2 N–H and O–H groups in total. The van der Waals surface area contributed by atoms with Gasteiger partial charge in [0.25, 0.3) is 0 Å². The Morgan fingerprint density at radius 1 is 1.41 bits per heavy atom. The van der Waals surface area contributed by atoms with Crippen molar-refractivity contribution in [1.29, 1.82) is 0 Å². The van der Waals surface area contributed by atoms with Crippen LogP contribution in [0.25, 0.3) is 0 Å². The highest BCUT2D eigenvalue weighted by Crippen LogP contribution is 2.12. The summed E-state index contributed by atoms with van der Waals surface area (Å²) in [6, 6.07) is -0.129. The molecular weight excluding hydrogens is 216 g/mol. The first kappa shape index (κ1) is 11.8. The van der Waals surface area contributed by atoms with Gasteiger partial charge in [0.05, 0.1) is 18.1 Å². The minimum Gasteiger partial charge on any atom is -0.340 e. The summed E-state index contributed by atoms with van der Waals surface area (Å²) >= 11 is 0. The minimum atomic E-state index is -0.129. The number of aryl methyl sites for hydroxylation is 2. The van der Waals surface area contributed by atoms with E-state index in [0.29, 0.717) is 6.42 Å². The number of aromatic nitrogens is 5. The lowest BCUT2D eigenvalue weighted by Crippen LogP contribution is -2.17. The second-order valence-electron chi connectivity index (χ2n) is 4.17. The second kappa shape index (κ2) is 5.09. The van der Waals surface area contributed by atoms with Crippen molar-refractivity contribution in [2.45, 2.75) is 32.4 Å². The Kier molecular flexibility index (Phi) is 3.53. The van der Waals surface area contributed by atoms with Gasteiger partial charge in [0, 0.05) is 26.2 Å². The maximum atomic E-state index is 6.11. The highest BCUT2D eigenvalue weighted by Gasteiger charge is 2.13. The molecular formula is C11H18N6. The molecule has 0 aromatic carbocycles. The highest BCUT2D eigenvalue weighted by atomic mass is 15.3. The fraction of sp³-hybridized carbons (Fsp3) is 0.545. The van der Waals surface area contributed by atoms with Crippen molar-refractivity contribution in [3.8, 4) is 0 Å². The van der Waals surface area contributed by atoms with Gasteiger partial charge in [0.2, 0.25) is 0 Å². The van der Waals surface area contributed by atoms with Gasteiger partial charge in [-0.05, 0) is 6.42 Å². The van der Waals surface area contributed by atoms with Gasteiger partial charge in [-0.3, -0.25) is 4.68 Å². The maximum Gasteiger partial charge on any atom is 0.138 e. The summed E-state index contributed by atoms with van der Waals surface area (Å²) < 4.78 is 3.80. The van der Waals surface area contributed by atoms with Crippen molar-refractivity contribution >= 4 is 0 Å². The van der Waals surface area contributed by atoms with E-state index in [1.165, 1.54) is 0 Å². The molecule has 2 rings (SSSR count). The van der Waals surface area contributed by atoms with Gasteiger partial charge in [0.15, 0.2) is 0 Å². The topological polar surface area (TPSA) is 74.6 Å².